The van der Waals surface area contributed by atoms with Crippen LogP contribution in [0.4, 0.5) is 26.3 Å². The highest BCUT2D eigenvalue weighted by atomic mass is 32.2. The van der Waals surface area contributed by atoms with Crippen LogP contribution in [0.1, 0.15) is 95.0 Å². The Bertz CT molecular complexity index is 5050. The van der Waals surface area contributed by atoms with E-state index in [9.17, 15) is 36.9 Å². The number of rotatable bonds is 28. The van der Waals surface area contributed by atoms with Gasteiger partial charge in [-0.2, -0.15) is 36.9 Å². The fraction of sp³-hybridized carbons (Fsp3) is 0.395. The predicted molar refractivity (Wildman–Crippen MR) is 396 cm³/mol. The van der Waals surface area contributed by atoms with Crippen LogP contribution in [-0.4, -0.2) is 124 Å². The molecular weight excluding hydrogens is 1450 g/mol. The Morgan fingerprint density at radius 1 is 0.509 bits per heavy atom. The van der Waals surface area contributed by atoms with E-state index in [2.05, 4.69) is 49.3 Å². The summed E-state index contributed by atoms with van der Waals surface area (Å²) in [4.78, 5) is 34.6. The van der Waals surface area contributed by atoms with E-state index in [0.717, 1.165) is 31.2 Å². The van der Waals surface area contributed by atoms with Crippen molar-refractivity contribution in [1.29, 1.82) is 10.5 Å². The van der Waals surface area contributed by atoms with Gasteiger partial charge in [0.25, 0.3) is 20.0 Å². The Morgan fingerprint density at radius 3 is 1.27 bits per heavy atom. The second-order valence-corrected chi connectivity index (χ2v) is 43.0. The highest BCUT2D eigenvalue weighted by Gasteiger charge is 2.65. The first-order chi connectivity index (χ1) is 49.8. The van der Waals surface area contributed by atoms with Gasteiger partial charge in [-0.05, 0) is 162 Å². The monoisotopic (exact) mass is 1540 g/mol. The van der Waals surface area contributed by atoms with Gasteiger partial charge in [-0.25, -0.2) is 44.3 Å². The zero-order chi connectivity index (χ0) is 77.9. The summed E-state index contributed by atoms with van der Waals surface area (Å²) in [6.07, 6.45) is -8.01. The van der Waals surface area contributed by atoms with Crippen LogP contribution >= 0.6 is 0 Å². The number of esters is 2. The minimum atomic E-state index is -5.31. The van der Waals surface area contributed by atoms with E-state index in [1.807, 2.05) is 26.0 Å². The lowest BCUT2D eigenvalue weighted by molar-refractivity contribution is -0.271. The number of carbonyl (C=O) groups excluding carboxylic acids is 2. The summed E-state index contributed by atoms with van der Waals surface area (Å²) in [5.41, 5.74) is -3.94. The molecule has 0 fully saturated rings. The lowest BCUT2D eigenvalue weighted by atomic mass is 9.83. The third kappa shape index (κ3) is 16.3. The standard InChI is InChI=1S/2C38H43F3N4O6SSi/c1-8-28-20-26(4)35-30(16-17-45(35)52(47,48)29-13-10-25(3)11-14-29)34(28)37(38(39,40)41,51-23-33(46)50-9-2)36-43-31-21-27(22-42)12-15-32(31)44(36)24-49-18-19-53(5,6)7;1-8-28-20-26(4)35-30(16-17-45(35)52(47,48)29-13-10-25(3)11-14-29)34(28)37(38(39,40)41,51-23-33(46)50-9-2)36-43-31-15-12-27(22-42)21-32(31)44(36)24-49-18-19-53(5,6)7/h2*10-17,20-21H,8-9,18-19,23-24H2,1-7H3. The fourth-order valence-corrected chi connectivity index (χ4v) is 17.1. The molecule has 0 amide bonds. The molecule has 0 aliphatic rings. The van der Waals surface area contributed by atoms with Gasteiger partial charge in [0.15, 0.2) is 11.6 Å². The third-order valence-corrected chi connectivity index (χ3v) is 24.9. The Morgan fingerprint density at radius 2 is 0.896 bits per heavy atom. The number of benzene rings is 6. The van der Waals surface area contributed by atoms with Crippen molar-refractivity contribution >= 4 is 92.0 Å². The molecule has 0 bridgehead atoms. The highest BCUT2D eigenvalue weighted by Crippen LogP contribution is 2.54. The number of aromatic nitrogens is 6. The van der Waals surface area contributed by atoms with Crippen LogP contribution < -0.4 is 0 Å². The molecule has 10 rings (SSSR count). The SMILES string of the molecule is CCOC(=O)COC(c1c(CC)cc(C)c2c1ccn2S(=O)(=O)c1ccc(C)cc1)(c1nc2cc(C#N)ccc2n1COCC[Si](C)(C)C)C(F)(F)F.CCOC(=O)COC(c1c(CC)cc(C)c2c1ccn2S(=O)(=O)c1ccc(C)cc1)(c1nc2ccc(C#N)cc2n1COCC[Si](C)(C)C)C(F)(F)F. The molecule has 2 unspecified atom stereocenters. The second kappa shape index (κ2) is 31.8. The average Bonchev–Trinajstić information content (AvgIpc) is 1.46. The summed E-state index contributed by atoms with van der Waals surface area (Å²) in [6, 6.07) is 32.1. The largest absolute Gasteiger partial charge is 0.464 e. The van der Waals surface area contributed by atoms with Crippen molar-refractivity contribution in [3.8, 4) is 12.1 Å². The molecule has 0 radical (unpaired) electrons. The van der Waals surface area contributed by atoms with E-state index in [-0.39, 0.29) is 129 Å². The number of ether oxygens (including phenoxy) is 6. The molecule has 0 saturated heterocycles. The molecule has 30 heteroatoms. The van der Waals surface area contributed by atoms with E-state index in [1.54, 1.807) is 52.0 Å². The van der Waals surface area contributed by atoms with Gasteiger partial charge in [-0.15, -0.1) is 0 Å². The number of carbonyl (C=O) groups is 2. The maximum atomic E-state index is 16.5. The lowest BCUT2D eigenvalue weighted by Gasteiger charge is -2.37. The Kier molecular flexibility index (Phi) is 24.4. The summed E-state index contributed by atoms with van der Waals surface area (Å²) >= 11 is 0. The molecule has 564 valence electrons. The summed E-state index contributed by atoms with van der Waals surface area (Å²) in [5, 5.41) is 19.3. The van der Waals surface area contributed by atoms with Crippen LogP contribution in [0.25, 0.3) is 43.9 Å². The number of fused-ring (bicyclic) bond motifs is 4. The normalized spacial score (nSPS) is 13.7. The number of aryl methyl sites for hydroxylation is 6. The summed E-state index contributed by atoms with van der Waals surface area (Å²) in [5.74, 6) is -3.38. The summed E-state index contributed by atoms with van der Waals surface area (Å²) in [6.45, 7) is 23.5. The minimum Gasteiger partial charge on any atom is -0.464 e. The van der Waals surface area contributed by atoms with E-state index in [0.29, 0.717) is 11.1 Å². The highest BCUT2D eigenvalue weighted by molar-refractivity contribution is 7.90. The fourth-order valence-electron chi connectivity index (χ4n) is 12.8. The molecular formula is C76H86F6N8O12S2Si2. The van der Waals surface area contributed by atoms with Crippen LogP contribution in [0.3, 0.4) is 0 Å². The van der Waals surface area contributed by atoms with E-state index in [4.69, 9.17) is 28.4 Å². The number of halogens is 6. The van der Waals surface area contributed by atoms with Crippen molar-refractivity contribution in [3.05, 3.63) is 189 Å². The number of nitriles is 2. The maximum absolute atomic E-state index is 16.5. The van der Waals surface area contributed by atoms with Crippen molar-refractivity contribution in [3.63, 3.8) is 0 Å². The summed E-state index contributed by atoms with van der Waals surface area (Å²) in [7, 11) is -11.8. The minimum absolute atomic E-state index is 0.00643. The first-order valence-electron chi connectivity index (χ1n) is 34.4. The predicted octanol–water partition coefficient (Wildman–Crippen LogP) is 16.0. The van der Waals surface area contributed by atoms with Gasteiger partial charge in [0.1, 0.15) is 26.7 Å². The number of alkyl halides is 6. The molecule has 10 aromatic rings. The van der Waals surface area contributed by atoms with Crippen molar-refractivity contribution < 1.29 is 81.2 Å². The number of hydrogen-bond acceptors (Lipinski definition) is 16. The molecule has 0 aliphatic carbocycles. The van der Waals surface area contributed by atoms with Crippen LogP contribution in [0.5, 0.6) is 0 Å². The molecule has 0 saturated carbocycles. The van der Waals surface area contributed by atoms with Crippen LogP contribution in [0, 0.1) is 50.4 Å². The van der Waals surface area contributed by atoms with Crippen molar-refractivity contribution in [1.82, 2.24) is 27.0 Å². The molecule has 0 aliphatic heterocycles. The van der Waals surface area contributed by atoms with Gasteiger partial charge < -0.3 is 37.6 Å². The smallest absolute Gasteiger partial charge is 0.429 e. The Hall–Kier alpha value is -8.99. The molecule has 4 heterocycles. The molecule has 4 aromatic heterocycles. The van der Waals surface area contributed by atoms with Crippen LogP contribution in [0.2, 0.25) is 51.4 Å². The van der Waals surface area contributed by atoms with Gasteiger partial charge in [-0.3, -0.25) is 0 Å². The van der Waals surface area contributed by atoms with Gasteiger partial charge >= 0.3 is 24.3 Å². The Labute approximate surface area is 614 Å². The van der Waals surface area contributed by atoms with Crippen molar-refractivity contribution in [2.24, 2.45) is 0 Å². The lowest BCUT2D eigenvalue weighted by Crippen LogP contribution is -2.50. The quantitative estimate of drug-likeness (QED) is 0.0191. The Balaban J connectivity index is 0.000000245. The van der Waals surface area contributed by atoms with E-state index < -0.39 is 108 Å². The molecule has 6 aromatic carbocycles. The first kappa shape index (κ1) is 81.1. The maximum Gasteiger partial charge on any atom is 0.429 e. The zero-order valence-electron chi connectivity index (χ0n) is 61.6. The zero-order valence-corrected chi connectivity index (χ0v) is 65.2. The van der Waals surface area contributed by atoms with Crippen molar-refractivity contribution in [2.45, 2.75) is 166 Å². The topological polar surface area (TPSA) is 251 Å². The van der Waals surface area contributed by atoms with Crippen molar-refractivity contribution in [2.75, 3.05) is 39.6 Å². The summed E-state index contributed by atoms with van der Waals surface area (Å²) < 4.78 is 194. The molecule has 0 spiro atoms. The molecule has 20 nitrogen and oxygen atoms in total. The molecule has 0 N–H and O–H groups in total. The number of imidazole rings is 2. The van der Waals surface area contributed by atoms with Gasteiger partial charge in [0.05, 0.1) is 79.4 Å². The van der Waals surface area contributed by atoms with Crippen LogP contribution in [0.15, 0.2) is 131 Å². The van der Waals surface area contributed by atoms with E-state index >= 15 is 26.3 Å². The van der Waals surface area contributed by atoms with Gasteiger partial charge in [0.2, 0.25) is 11.2 Å². The average molecular weight is 1540 g/mol. The first-order valence-corrected chi connectivity index (χ1v) is 44.7. The number of hydrogen-bond donors (Lipinski definition) is 0. The number of nitrogens with zero attached hydrogens (tertiary/aromatic N) is 8. The molecule has 2 atom stereocenters. The third-order valence-electron chi connectivity index (χ3n) is 18.1. The second-order valence-electron chi connectivity index (χ2n) is 28.1. The van der Waals surface area contributed by atoms with Crippen LogP contribution in [-0.2, 0) is 95.6 Å². The van der Waals surface area contributed by atoms with Gasteiger partial charge in [0, 0.05) is 63.7 Å². The van der Waals surface area contributed by atoms with E-state index in [1.165, 1.54) is 120 Å². The molecule has 106 heavy (non-hydrogen) atoms. The van der Waals surface area contributed by atoms with Gasteiger partial charge in [-0.1, -0.05) is 101 Å².